The van der Waals surface area contributed by atoms with Gasteiger partial charge >= 0.3 is 5.97 Å². The molecule has 0 N–H and O–H groups in total. The molecule has 0 fully saturated rings. The van der Waals surface area contributed by atoms with Gasteiger partial charge in [0.2, 0.25) is 0 Å². The molecule has 0 radical (unpaired) electrons. The summed E-state index contributed by atoms with van der Waals surface area (Å²) in [6, 6.07) is 11.8. The van der Waals surface area contributed by atoms with Gasteiger partial charge < -0.3 is 4.74 Å². The SMILES string of the molecule is CCCCCCCCc1ccc(-c2ccc(OC(=O)[C@H](C)[C@H](Cl)CCCCCCC)cc2)nc1. The van der Waals surface area contributed by atoms with E-state index < -0.39 is 0 Å². The Kier molecular flexibility index (Phi) is 13.9. The lowest BCUT2D eigenvalue weighted by Crippen LogP contribution is -2.26. The molecule has 34 heavy (non-hydrogen) atoms. The van der Waals surface area contributed by atoms with E-state index in [9.17, 15) is 4.79 Å². The van der Waals surface area contributed by atoms with Gasteiger partial charge in [0.15, 0.2) is 0 Å². The van der Waals surface area contributed by atoms with Gasteiger partial charge in [0.25, 0.3) is 0 Å². The lowest BCUT2D eigenvalue weighted by atomic mass is 10.0. The van der Waals surface area contributed by atoms with Crippen molar-refractivity contribution in [3.63, 3.8) is 0 Å². The molecule has 0 aliphatic heterocycles. The standard InChI is InChI=1S/C30H44ClNO2/c1-4-6-8-10-12-13-15-25-17-22-29(32-23-25)26-18-20-27(21-19-26)34-30(33)24(3)28(31)16-14-11-9-7-5-2/h17-24,28H,4-16H2,1-3H3/t24-,28-/m1/s1. The summed E-state index contributed by atoms with van der Waals surface area (Å²) in [5.41, 5.74) is 3.24. The molecule has 0 unspecified atom stereocenters. The molecule has 0 aliphatic carbocycles. The fourth-order valence-electron chi connectivity index (χ4n) is 4.10. The first-order valence-electron chi connectivity index (χ1n) is 13.5. The van der Waals surface area contributed by atoms with E-state index >= 15 is 0 Å². The molecule has 2 rings (SSSR count). The highest BCUT2D eigenvalue weighted by atomic mass is 35.5. The number of nitrogens with zero attached hydrogens (tertiary/aromatic N) is 1. The number of pyridine rings is 1. The minimum absolute atomic E-state index is 0.188. The van der Waals surface area contributed by atoms with Crippen LogP contribution in [-0.4, -0.2) is 16.3 Å². The van der Waals surface area contributed by atoms with Gasteiger partial charge in [-0.15, -0.1) is 11.6 Å². The van der Waals surface area contributed by atoms with Crippen LogP contribution in [0.15, 0.2) is 42.6 Å². The second-order valence-electron chi connectivity index (χ2n) is 9.52. The predicted octanol–water partition coefficient (Wildman–Crippen LogP) is 9.16. The summed E-state index contributed by atoms with van der Waals surface area (Å²) in [5, 5.41) is -0.188. The summed E-state index contributed by atoms with van der Waals surface area (Å²) >= 11 is 6.47. The van der Waals surface area contributed by atoms with Crippen LogP contribution in [-0.2, 0) is 11.2 Å². The Morgan fingerprint density at radius 3 is 2.09 bits per heavy atom. The van der Waals surface area contributed by atoms with Crippen LogP contribution in [0, 0.1) is 5.92 Å². The van der Waals surface area contributed by atoms with Crippen molar-refractivity contribution in [2.45, 2.75) is 110 Å². The van der Waals surface area contributed by atoms with Gasteiger partial charge in [0.1, 0.15) is 5.75 Å². The summed E-state index contributed by atoms with van der Waals surface area (Å²) in [7, 11) is 0. The van der Waals surface area contributed by atoms with E-state index in [1.54, 1.807) is 0 Å². The Labute approximate surface area is 212 Å². The predicted molar refractivity (Wildman–Crippen MR) is 145 cm³/mol. The van der Waals surface area contributed by atoms with Crippen LogP contribution in [0.4, 0.5) is 0 Å². The van der Waals surface area contributed by atoms with E-state index in [2.05, 4.69) is 31.0 Å². The van der Waals surface area contributed by atoms with Gasteiger partial charge in [-0.05, 0) is 55.2 Å². The zero-order chi connectivity index (χ0) is 24.6. The number of aromatic nitrogens is 1. The molecule has 0 bridgehead atoms. The first kappa shape index (κ1) is 28.4. The number of ether oxygens (including phenoxy) is 1. The third-order valence-electron chi connectivity index (χ3n) is 6.51. The average Bonchev–Trinajstić information content (AvgIpc) is 2.86. The van der Waals surface area contributed by atoms with Gasteiger partial charge in [-0.2, -0.15) is 0 Å². The maximum Gasteiger partial charge on any atom is 0.315 e. The molecule has 0 saturated heterocycles. The summed E-state index contributed by atoms with van der Waals surface area (Å²) in [4.78, 5) is 17.2. The fourth-order valence-corrected chi connectivity index (χ4v) is 4.35. The Morgan fingerprint density at radius 2 is 1.47 bits per heavy atom. The third kappa shape index (κ3) is 10.6. The lowest BCUT2D eigenvalue weighted by molar-refractivity contribution is -0.138. The maximum absolute atomic E-state index is 12.5. The molecule has 1 aromatic heterocycles. The van der Waals surface area contributed by atoms with Crippen LogP contribution >= 0.6 is 11.6 Å². The number of benzene rings is 1. The Balaban J connectivity index is 1.78. The van der Waals surface area contributed by atoms with Crippen molar-refractivity contribution in [1.29, 1.82) is 0 Å². The summed E-state index contributed by atoms with van der Waals surface area (Å²) in [5.74, 6) is -0.0426. The number of rotatable bonds is 17. The maximum atomic E-state index is 12.5. The average molecular weight is 486 g/mol. The number of hydrogen-bond donors (Lipinski definition) is 0. The zero-order valence-electron chi connectivity index (χ0n) is 21.5. The van der Waals surface area contributed by atoms with E-state index in [-0.39, 0.29) is 17.3 Å². The lowest BCUT2D eigenvalue weighted by Gasteiger charge is -2.17. The molecule has 0 spiro atoms. The largest absolute Gasteiger partial charge is 0.426 e. The smallest absolute Gasteiger partial charge is 0.315 e. The number of halogens is 1. The summed E-state index contributed by atoms with van der Waals surface area (Å²) < 4.78 is 5.59. The second kappa shape index (κ2) is 16.7. The monoisotopic (exact) mass is 485 g/mol. The van der Waals surface area contributed by atoms with Crippen molar-refractivity contribution in [2.24, 2.45) is 5.92 Å². The normalized spacial score (nSPS) is 12.9. The molecule has 2 aromatic rings. The fraction of sp³-hybridized carbons (Fsp3) is 0.600. The minimum Gasteiger partial charge on any atom is -0.426 e. The molecule has 2 atom stereocenters. The van der Waals surface area contributed by atoms with E-state index in [1.807, 2.05) is 37.4 Å². The molecule has 0 aliphatic rings. The summed E-state index contributed by atoms with van der Waals surface area (Å²) in [6.45, 7) is 6.32. The highest BCUT2D eigenvalue weighted by molar-refractivity contribution is 6.21. The first-order chi connectivity index (χ1) is 16.5. The Hall–Kier alpha value is -1.87. The van der Waals surface area contributed by atoms with Crippen LogP contribution < -0.4 is 4.74 Å². The van der Waals surface area contributed by atoms with Crippen LogP contribution in [0.1, 0.15) is 103 Å². The molecule has 4 heteroatoms. The van der Waals surface area contributed by atoms with Crippen molar-refractivity contribution in [2.75, 3.05) is 0 Å². The molecule has 188 valence electrons. The van der Waals surface area contributed by atoms with E-state index in [0.29, 0.717) is 5.75 Å². The van der Waals surface area contributed by atoms with E-state index in [4.69, 9.17) is 16.3 Å². The molecule has 1 aromatic carbocycles. The molecular formula is C30H44ClNO2. The highest BCUT2D eigenvalue weighted by Gasteiger charge is 2.23. The number of carbonyl (C=O) groups is 1. The Bertz CT molecular complexity index is 804. The van der Waals surface area contributed by atoms with Gasteiger partial charge in [-0.25, -0.2) is 0 Å². The number of esters is 1. The number of carbonyl (C=O) groups excluding carboxylic acids is 1. The van der Waals surface area contributed by atoms with Crippen molar-refractivity contribution in [3.05, 3.63) is 48.2 Å². The van der Waals surface area contributed by atoms with Crippen LogP contribution in [0.3, 0.4) is 0 Å². The topological polar surface area (TPSA) is 39.2 Å². The molecule has 3 nitrogen and oxygen atoms in total. The van der Waals surface area contributed by atoms with E-state index in [1.165, 1.54) is 69.8 Å². The molecule has 1 heterocycles. The number of alkyl halides is 1. The Morgan fingerprint density at radius 1 is 0.853 bits per heavy atom. The van der Waals surface area contributed by atoms with Gasteiger partial charge in [-0.3, -0.25) is 9.78 Å². The third-order valence-corrected chi connectivity index (χ3v) is 7.11. The quantitative estimate of drug-likeness (QED) is 0.0969. The van der Waals surface area contributed by atoms with Gasteiger partial charge in [0.05, 0.1) is 11.6 Å². The number of hydrogen-bond acceptors (Lipinski definition) is 3. The second-order valence-corrected chi connectivity index (χ2v) is 10.1. The van der Waals surface area contributed by atoms with Crippen LogP contribution in [0.2, 0.25) is 0 Å². The van der Waals surface area contributed by atoms with Crippen LogP contribution in [0.25, 0.3) is 11.3 Å². The molecule has 0 amide bonds. The number of aryl methyl sites for hydroxylation is 1. The van der Waals surface area contributed by atoms with Crippen molar-refractivity contribution in [3.8, 4) is 17.0 Å². The first-order valence-corrected chi connectivity index (χ1v) is 13.9. The van der Waals surface area contributed by atoms with Crippen LogP contribution in [0.5, 0.6) is 5.75 Å². The summed E-state index contributed by atoms with van der Waals surface area (Å²) in [6.07, 6.45) is 17.7. The number of unbranched alkanes of at least 4 members (excludes halogenated alkanes) is 9. The van der Waals surface area contributed by atoms with E-state index in [0.717, 1.165) is 30.5 Å². The minimum atomic E-state index is -0.326. The zero-order valence-corrected chi connectivity index (χ0v) is 22.3. The van der Waals surface area contributed by atoms with Crippen molar-refractivity contribution in [1.82, 2.24) is 4.98 Å². The molecule has 0 saturated carbocycles. The van der Waals surface area contributed by atoms with Gasteiger partial charge in [0, 0.05) is 17.1 Å². The van der Waals surface area contributed by atoms with Gasteiger partial charge in [-0.1, -0.05) is 91.0 Å². The highest BCUT2D eigenvalue weighted by Crippen LogP contribution is 2.24. The van der Waals surface area contributed by atoms with Crippen molar-refractivity contribution < 1.29 is 9.53 Å². The van der Waals surface area contributed by atoms with Crippen molar-refractivity contribution >= 4 is 17.6 Å². The molecular weight excluding hydrogens is 442 g/mol.